The van der Waals surface area contributed by atoms with Gasteiger partial charge in [0.05, 0.1) is 0 Å². The molecule has 0 radical (unpaired) electrons. The van der Waals surface area contributed by atoms with Crippen LogP contribution in [0.5, 0.6) is 0 Å². The summed E-state index contributed by atoms with van der Waals surface area (Å²) >= 11 is 0. The van der Waals surface area contributed by atoms with Gasteiger partial charge in [0.25, 0.3) is 0 Å². The summed E-state index contributed by atoms with van der Waals surface area (Å²) in [5.41, 5.74) is 5.17. The zero-order valence-corrected chi connectivity index (χ0v) is 14.2. The van der Waals surface area contributed by atoms with Crippen molar-refractivity contribution in [2.45, 2.75) is 6.92 Å². The monoisotopic (exact) mass is 328 g/mol. The van der Waals surface area contributed by atoms with Gasteiger partial charge in [-0.1, -0.05) is 24.3 Å². The van der Waals surface area contributed by atoms with Gasteiger partial charge in [-0.15, -0.1) is 0 Å². The molecule has 3 nitrogen and oxygen atoms in total. The molecule has 0 amide bonds. The highest BCUT2D eigenvalue weighted by Crippen LogP contribution is 2.26. The van der Waals surface area contributed by atoms with E-state index in [1.165, 1.54) is 0 Å². The van der Waals surface area contributed by atoms with E-state index < -0.39 is 0 Å². The van der Waals surface area contributed by atoms with E-state index in [0.717, 1.165) is 35.3 Å². The Morgan fingerprint density at radius 1 is 0.760 bits per heavy atom. The quantitative estimate of drug-likeness (QED) is 0.581. The highest BCUT2D eigenvalue weighted by molar-refractivity contribution is 5.77. The van der Waals surface area contributed by atoms with E-state index in [2.05, 4.69) is 53.2 Å². The van der Waals surface area contributed by atoms with E-state index in [0.29, 0.717) is 5.56 Å². The smallest absolute Gasteiger partial charge is 0.150 e. The molecule has 0 saturated carbocycles. The number of hydrogen-bond acceptors (Lipinski definition) is 3. The maximum absolute atomic E-state index is 10.8. The molecule has 0 unspecified atom stereocenters. The number of pyridine rings is 1. The summed E-state index contributed by atoms with van der Waals surface area (Å²) in [5, 5.41) is 0. The molecule has 0 aliphatic rings. The van der Waals surface area contributed by atoms with Crippen LogP contribution in [-0.2, 0) is 0 Å². The van der Waals surface area contributed by atoms with Crippen LogP contribution < -0.4 is 4.90 Å². The molecule has 1 aromatic heterocycles. The van der Waals surface area contributed by atoms with Gasteiger partial charge in [0.15, 0.2) is 0 Å². The van der Waals surface area contributed by atoms with Crippen molar-refractivity contribution < 1.29 is 4.79 Å². The van der Waals surface area contributed by atoms with E-state index in [1.54, 1.807) is 12.4 Å². The minimum Gasteiger partial charge on any atom is -0.342 e. The van der Waals surface area contributed by atoms with Gasteiger partial charge in [0.2, 0.25) is 0 Å². The number of hydrogen-bond donors (Lipinski definition) is 0. The van der Waals surface area contributed by atoms with Gasteiger partial charge in [-0.3, -0.25) is 9.78 Å². The zero-order valence-electron chi connectivity index (χ0n) is 14.2. The molecular formula is C22H20N2O. The number of aldehydes is 1. The van der Waals surface area contributed by atoms with E-state index in [1.807, 2.05) is 36.4 Å². The maximum atomic E-state index is 10.8. The normalized spacial score (nSPS) is 10.8. The summed E-state index contributed by atoms with van der Waals surface area (Å²) in [6, 6.07) is 20.0. The first-order valence-corrected chi connectivity index (χ1v) is 8.31. The first-order valence-electron chi connectivity index (χ1n) is 8.31. The molecule has 3 aromatic rings. The van der Waals surface area contributed by atoms with Crippen molar-refractivity contribution in [2.75, 3.05) is 11.4 Å². The van der Waals surface area contributed by atoms with Gasteiger partial charge < -0.3 is 4.90 Å². The van der Waals surface area contributed by atoms with E-state index >= 15 is 0 Å². The second kappa shape index (κ2) is 8.06. The molecule has 0 bridgehead atoms. The summed E-state index contributed by atoms with van der Waals surface area (Å²) < 4.78 is 0. The minimum absolute atomic E-state index is 0.691. The standard InChI is InChI=1S/C22H20N2O/c1-2-24(22-11-7-20(17-25)8-12-22)21-9-5-18(6-10-21)3-4-19-13-15-23-16-14-19/h3-17H,2H2,1H3/b4-3+. The molecule has 0 aliphatic heterocycles. The molecule has 0 aliphatic carbocycles. The average Bonchev–Trinajstić information content (AvgIpc) is 2.69. The van der Waals surface area contributed by atoms with Crippen molar-refractivity contribution in [3.63, 3.8) is 0 Å². The van der Waals surface area contributed by atoms with Gasteiger partial charge in [-0.25, -0.2) is 0 Å². The molecule has 0 fully saturated rings. The van der Waals surface area contributed by atoms with Crippen LogP contribution in [-0.4, -0.2) is 17.8 Å². The Kier molecular flexibility index (Phi) is 5.37. The third-order valence-electron chi connectivity index (χ3n) is 4.04. The van der Waals surface area contributed by atoms with Crippen molar-refractivity contribution >= 4 is 29.8 Å². The minimum atomic E-state index is 0.691. The fourth-order valence-corrected chi connectivity index (χ4v) is 2.68. The van der Waals surface area contributed by atoms with Crippen molar-refractivity contribution in [3.8, 4) is 0 Å². The predicted octanol–water partition coefficient (Wildman–Crippen LogP) is 5.22. The van der Waals surface area contributed by atoms with Crippen LogP contribution in [0.1, 0.15) is 28.4 Å². The molecule has 2 aromatic carbocycles. The van der Waals surface area contributed by atoms with Crippen molar-refractivity contribution in [3.05, 3.63) is 89.7 Å². The third-order valence-corrected chi connectivity index (χ3v) is 4.04. The number of aromatic nitrogens is 1. The van der Waals surface area contributed by atoms with Crippen molar-refractivity contribution in [1.82, 2.24) is 4.98 Å². The maximum Gasteiger partial charge on any atom is 0.150 e. The number of nitrogens with zero attached hydrogens (tertiary/aromatic N) is 2. The van der Waals surface area contributed by atoms with Gasteiger partial charge in [-0.05, 0) is 66.6 Å². The molecular weight excluding hydrogens is 308 g/mol. The fourth-order valence-electron chi connectivity index (χ4n) is 2.68. The highest BCUT2D eigenvalue weighted by atomic mass is 16.1. The van der Waals surface area contributed by atoms with Gasteiger partial charge in [0, 0.05) is 35.9 Å². The van der Waals surface area contributed by atoms with Crippen LogP contribution in [0.2, 0.25) is 0 Å². The van der Waals surface area contributed by atoms with Gasteiger partial charge in [-0.2, -0.15) is 0 Å². The number of carbonyl (C=O) groups is 1. The zero-order chi connectivity index (χ0) is 17.5. The fraction of sp³-hybridized carbons (Fsp3) is 0.0909. The molecule has 1 heterocycles. The Morgan fingerprint density at radius 2 is 1.24 bits per heavy atom. The van der Waals surface area contributed by atoms with Gasteiger partial charge >= 0.3 is 0 Å². The molecule has 25 heavy (non-hydrogen) atoms. The molecule has 0 saturated heterocycles. The lowest BCUT2D eigenvalue weighted by atomic mass is 10.1. The first kappa shape index (κ1) is 16.7. The van der Waals surface area contributed by atoms with E-state index in [-0.39, 0.29) is 0 Å². The van der Waals surface area contributed by atoms with E-state index in [9.17, 15) is 4.79 Å². The number of anilines is 2. The van der Waals surface area contributed by atoms with Crippen LogP contribution in [0.25, 0.3) is 12.2 Å². The summed E-state index contributed by atoms with van der Waals surface area (Å²) in [7, 11) is 0. The third kappa shape index (κ3) is 4.21. The summed E-state index contributed by atoms with van der Waals surface area (Å²) in [5.74, 6) is 0. The van der Waals surface area contributed by atoms with Crippen LogP contribution >= 0.6 is 0 Å². The Labute approximate surface area is 148 Å². The van der Waals surface area contributed by atoms with Gasteiger partial charge in [0.1, 0.15) is 6.29 Å². The SMILES string of the molecule is CCN(c1ccc(C=O)cc1)c1ccc(/C=C/c2ccncc2)cc1. The summed E-state index contributed by atoms with van der Waals surface area (Å²) in [6.45, 7) is 2.97. The molecule has 0 N–H and O–H groups in total. The first-order chi connectivity index (χ1) is 12.3. The van der Waals surface area contributed by atoms with Crippen LogP contribution in [0.15, 0.2) is 73.1 Å². The second-order valence-corrected chi connectivity index (χ2v) is 5.66. The molecule has 3 rings (SSSR count). The topological polar surface area (TPSA) is 33.2 Å². The lowest BCUT2D eigenvalue weighted by Crippen LogP contribution is -2.15. The number of rotatable bonds is 6. The number of benzene rings is 2. The molecule has 0 atom stereocenters. The summed E-state index contributed by atoms with van der Waals surface area (Å²) in [4.78, 5) is 17.0. The molecule has 124 valence electrons. The summed E-state index contributed by atoms with van der Waals surface area (Å²) in [6.07, 6.45) is 8.61. The lowest BCUT2D eigenvalue weighted by molar-refractivity contribution is 0.112. The lowest BCUT2D eigenvalue weighted by Gasteiger charge is -2.23. The average molecular weight is 328 g/mol. The van der Waals surface area contributed by atoms with E-state index in [4.69, 9.17) is 0 Å². The largest absolute Gasteiger partial charge is 0.342 e. The molecule has 3 heteroatoms. The highest BCUT2D eigenvalue weighted by Gasteiger charge is 2.06. The Balaban J connectivity index is 1.77. The Bertz CT molecular complexity index is 837. The van der Waals surface area contributed by atoms with Crippen LogP contribution in [0, 0.1) is 0 Å². The van der Waals surface area contributed by atoms with Crippen molar-refractivity contribution in [1.29, 1.82) is 0 Å². The second-order valence-electron chi connectivity index (χ2n) is 5.66. The molecule has 0 spiro atoms. The Morgan fingerprint density at radius 3 is 1.72 bits per heavy atom. The van der Waals surface area contributed by atoms with Crippen LogP contribution in [0.4, 0.5) is 11.4 Å². The van der Waals surface area contributed by atoms with Crippen LogP contribution in [0.3, 0.4) is 0 Å². The van der Waals surface area contributed by atoms with Crippen molar-refractivity contribution in [2.24, 2.45) is 0 Å². The number of carbonyl (C=O) groups excluding carboxylic acids is 1. The predicted molar refractivity (Wildman–Crippen MR) is 104 cm³/mol. The Hall–Kier alpha value is -3.20.